The summed E-state index contributed by atoms with van der Waals surface area (Å²) in [6, 6.07) is 4.82. The van der Waals surface area contributed by atoms with E-state index in [2.05, 4.69) is 14.9 Å². The Morgan fingerprint density at radius 1 is 1.09 bits per heavy atom. The molecule has 22 heavy (non-hydrogen) atoms. The molecule has 118 valence electrons. The van der Waals surface area contributed by atoms with Crippen molar-refractivity contribution in [3.05, 3.63) is 18.2 Å². The summed E-state index contributed by atoms with van der Waals surface area (Å²) >= 11 is 0. The summed E-state index contributed by atoms with van der Waals surface area (Å²) in [5.41, 5.74) is 0.688. The van der Waals surface area contributed by atoms with Crippen LogP contribution < -0.4 is 0 Å². The fourth-order valence-electron chi connectivity index (χ4n) is 2.98. The summed E-state index contributed by atoms with van der Waals surface area (Å²) in [5.74, 6) is -0.604. The highest BCUT2D eigenvalue weighted by Crippen LogP contribution is 2.34. The van der Waals surface area contributed by atoms with Crippen molar-refractivity contribution in [2.45, 2.75) is 23.5 Å². The predicted octanol–water partition coefficient (Wildman–Crippen LogP) is 0.750. The van der Waals surface area contributed by atoms with Crippen LogP contribution in [0.4, 0.5) is 0 Å². The van der Waals surface area contributed by atoms with Gasteiger partial charge in [-0.25, -0.2) is 13.0 Å². The van der Waals surface area contributed by atoms with Gasteiger partial charge in [0.25, 0.3) is 0 Å². The summed E-state index contributed by atoms with van der Waals surface area (Å²) < 4.78 is 43.0. The van der Waals surface area contributed by atoms with Gasteiger partial charge in [0.15, 0.2) is 11.3 Å². The largest absolute Gasteiger partial charge is 0.347 e. The molecule has 9 heteroatoms. The molecule has 0 bridgehead atoms. The number of rotatable bonds is 2. The summed E-state index contributed by atoms with van der Waals surface area (Å²) in [7, 11) is -3.65. The van der Waals surface area contributed by atoms with E-state index in [-0.39, 0.29) is 10.4 Å². The van der Waals surface area contributed by atoms with Crippen molar-refractivity contribution in [1.82, 2.24) is 14.6 Å². The van der Waals surface area contributed by atoms with Crippen molar-refractivity contribution in [2.24, 2.45) is 0 Å². The van der Waals surface area contributed by atoms with Crippen LogP contribution in [0.2, 0.25) is 0 Å². The smallest absolute Gasteiger partial charge is 0.245 e. The van der Waals surface area contributed by atoms with Crippen LogP contribution in [-0.4, -0.2) is 55.1 Å². The number of fused-ring (bicyclic) bond motifs is 1. The van der Waals surface area contributed by atoms with Crippen molar-refractivity contribution >= 4 is 21.1 Å². The molecule has 2 aliphatic rings. The van der Waals surface area contributed by atoms with E-state index in [0.717, 1.165) is 0 Å². The molecule has 8 nitrogen and oxygen atoms in total. The first-order valence-corrected chi connectivity index (χ1v) is 8.54. The molecule has 0 unspecified atom stereocenters. The minimum absolute atomic E-state index is 0.121. The number of hydrogen-bond donors (Lipinski definition) is 0. The molecule has 1 aromatic carbocycles. The SMILES string of the molecule is O=S(=O)(c1cccc2nonc12)N1CCC2(CC1)OCCO2. The number of aromatic nitrogens is 2. The molecule has 0 atom stereocenters. The van der Waals surface area contributed by atoms with Gasteiger partial charge in [0.2, 0.25) is 10.0 Å². The van der Waals surface area contributed by atoms with E-state index in [1.165, 1.54) is 10.4 Å². The second-order valence-corrected chi connectivity index (χ2v) is 7.31. The lowest BCUT2D eigenvalue weighted by molar-refractivity contribution is -0.179. The Balaban J connectivity index is 1.63. The first kappa shape index (κ1) is 14.1. The lowest BCUT2D eigenvalue weighted by Gasteiger charge is -2.36. The molecule has 2 aliphatic heterocycles. The van der Waals surface area contributed by atoms with Crippen molar-refractivity contribution in [2.75, 3.05) is 26.3 Å². The molecule has 2 saturated heterocycles. The zero-order valence-electron chi connectivity index (χ0n) is 11.8. The third-order valence-corrected chi connectivity index (χ3v) is 6.09. The van der Waals surface area contributed by atoms with Gasteiger partial charge in [-0.3, -0.25) is 0 Å². The van der Waals surface area contributed by atoms with Crippen LogP contribution in [0.3, 0.4) is 0 Å². The van der Waals surface area contributed by atoms with E-state index in [9.17, 15) is 8.42 Å². The second kappa shape index (κ2) is 4.98. The number of nitrogens with zero attached hydrogens (tertiary/aromatic N) is 3. The highest BCUT2D eigenvalue weighted by molar-refractivity contribution is 7.89. The Morgan fingerprint density at radius 3 is 2.55 bits per heavy atom. The van der Waals surface area contributed by atoms with Crippen LogP contribution in [-0.2, 0) is 19.5 Å². The summed E-state index contributed by atoms with van der Waals surface area (Å²) in [5, 5.41) is 7.40. The average molecular weight is 325 g/mol. The number of hydrogen-bond acceptors (Lipinski definition) is 7. The molecule has 1 spiro atoms. The van der Waals surface area contributed by atoms with Gasteiger partial charge >= 0.3 is 0 Å². The maximum absolute atomic E-state index is 12.8. The Kier molecular flexibility index (Phi) is 3.19. The minimum Gasteiger partial charge on any atom is -0.347 e. The van der Waals surface area contributed by atoms with Gasteiger partial charge in [-0.05, 0) is 22.4 Å². The molecule has 0 amide bonds. The fourth-order valence-corrected chi connectivity index (χ4v) is 4.56. The molecular formula is C13H15N3O5S. The topological polar surface area (TPSA) is 94.8 Å². The van der Waals surface area contributed by atoms with E-state index in [1.54, 1.807) is 12.1 Å². The first-order valence-electron chi connectivity index (χ1n) is 7.10. The first-order chi connectivity index (χ1) is 10.6. The van der Waals surface area contributed by atoms with Gasteiger partial charge in [0.05, 0.1) is 13.2 Å². The highest BCUT2D eigenvalue weighted by atomic mass is 32.2. The summed E-state index contributed by atoms with van der Waals surface area (Å²) in [6.07, 6.45) is 1.05. The van der Waals surface area contributed by atoms with E-state index in [1.807, 2.05) is 0 Å². The molecule has 3 heterocycles. The van der Waals surface area contributed by atoms with E-state index < -0.39 is 15.8 Å². The predicted molar refractivity (Wildman–Crippen MR) is 74.4 cm³/mol. The number of benzene rings is 1. The quantitative estimate of drug-likeness (QED) is 0.804. The van der Waals surface area contributed by atoms with Gasteiger partial charge < -0.3 is 9.47 Å². The second-order valence-electron chi connectivity index (χ2n) is 5.40. The van der Waals surface area contributed by atoms with Crippen molar-refractivity contribution in [1.29, 1.82) is 0 Å². The number of piperidine rings is 1. The van der Waals surface area contributed by atoms with Crippen molar-refractivity contribution < 1.29 is 22.5 Å². The highest BCUT2D eigenvalue weighted by Gasteiger charge is 2.43. The molecule has 1 aromatic heterocycles. The Labute approximate surface area is 127 Å². The van der Waals surface area contributed by atoms with Crippen LogP contribution in [0.5, 0.6) is 0 Å². The Bertz CT molecular complexity index is 787. The standard InChI is InChI=1S/C13H15N3O5S/c17-22(18,11-3-1-2-10-12(11)15-21-14-10)16-6-4-13(5-7-16)19-8-9-20-13/h1-3H,4-9H2. The molecule has 0 radical (unpaired) electrons. The van der Waals surface area contributed by atoms with Gasteiger partial charge in [0.1, 0.15) is 10.4 Å². The summed E-state index contributed by atoms with van der Waals surface area (Å²) in [4.78, 5) is 0.121. The van der Waals surface area contributed by atoms with Crippen LogP contribution in [0.15, 0.2) is 27.7 Å². The van der Waals surface area contributed by atoms with Gasteiger partial charge in [0, 0.05) is 25.9 Å². The monoisotopic (exact) mass is 325 g/mol. The number of sulfonamides is 1. The van der Waals surface area contributed by atoms with Gasteiger partial charge in [-0.15, -0.1) is 0 Å². The van der Waals surface area contributed by atoms with Crippen molar-refractivity contribution in [3.8, 4) is 0 Å². The molecule has 2 aromatic rings. The Morgan fingerprint density at radius 2 is 1.82 bits per heavy atom. The zero-order valence-corrected chi connectivity index (χ0v) is 12.6. The maximum Gasteiger partial charge on any atom is 0.245 e. The lowest BCUT2D eigenvalue weighted by Crippen LogP contribution is -2.47. The van der Waals surface area contributed by atoms with Crippen molar-refractivity contribution in [3.63, 3.8) is 0 Å². The molecular weight excluding hydrogens is 310 g/mol. The lowest BCUT2D eigenvalue weighted by atomic mass is 10.1. The van der Waals surface area contributed by atoms with E-state index in [0.29, 0.717) is 44.7 Å². The third-order valence-electron chi connectivity index (χ3n) is 4.16. The molecule has 2 fully saturated rings. The third kappa shape index (κ3) is 2.12. The number of ether oxygens (including phenoxy) is 2. The molecule has 0 saturated carbocycles. The normalized spacial score (nSPS) is 22.5. The van der Waals surface area contributed by atoms with Crippen LogP contribution in [0.25, 0.3) is 11.0 Å². The Hall–Kier alpha value is -1.55. The molecule has 0 N–H and O–H groups in total. The molecule has 0 aliphatic carbocycles. The van der Waals surface area contributed by atoms with E-state index in [4.69, 9.17) is 9.47 Å². The van der Waals surface area contributed by atoms with Crippen LogP contribution >= 0.6 is 0 Å². The average Bonchev–Trinajstić information content (AvgIpc) is 3.16. The van der Waals surface area contributed by atoms with Crippen LogP contribution in [0.1, 0.15) is 12.8 Å². The molecule has 4 rings (SSSR count). The van der Waals surface area contributed by atoms with Gasteiger partial charge in [-0.1, -0.05) is 6.07 Å². The van der Waals surface area contributed by atoms with E-state index >= 15 is 0 Å². The summed E-state index contributed by atoms with van der Waals surface area (Å²) in [6.45, 7) is 1.83. The van der Waals surface area contributed by atoms with Crippen LogP contribution in [0, 0.1) is 0 Å². The fraction of sp³-hybridized carbons (Fsp3) is 0.538. The minimum atomic E-state index is -3.65. The zero-order chi connectivity index (χ0) is 15.2. The van der Waals surface area contributed by atoms with Gasteiger partial charge in [-0.2, -0.15) is 4.31 Å². The maximum atomic E-state index is 12.8.